The summed E-state index contributed by atoms with van der Waals surface area (Å²) < 4.78 is 0. The fourth-order valence-corrected chi connectivity index (χ4v) is 5.86. The molecule has 4 N–H and O–H groups in total. The Bertz CT molecular complexity index is 1410. The van der Waals surface area contributed by atoms with Gasteiger partial charge in [-0.3, -0.25) is 14.4 Å². The molecule has 214 valence electrons. The number of aryl methyl sites for hydroxylation is 1. The summed E-state index contributed by atoms with van der Waals surface area (Å²) in [6.07, 6.45) is 3.45. The van der Waals surface area contributed by atoms with Crippen molar-refractivity contribution in [3.8, 4) is 5.75 Å². The second kappa shape index (κ2) is 12.6. The fourth-order valence-electron chi connectivity index (χ4n) is 5.86. The molecule has 3 aromatic rings. The number of nitrogens with zero attached hydrogens (tertiary/aromatic N) is 1. The van der Waals surface area contributed by atoms with Crippen molar-refractivity contribution < 1.29 is 19.5 Å². The topological polar surface area (TPSA) is 111 Å². The first-order valence-corrected chi connectivity index (χ1v) is 14.3. The fraction of sp³-hybridized carbons (Fsp3) is 0.364. The Balaban J connectivity index is 1.44. The molecule has 0 aromatic heterocycles. The van der Waals surface area contributed by atoms with Crippen molar-refractivity contribution in [1.82, 2.24) is 20.9 Å². The minimum absolute atomic E-state index is 0.106. The van der Waals surface area contributed by atoms with Gasteiger partial charge >= 0.3 is 0 Å². The number of phenols is 1. The summed E-state index contributed by atoms with van der Waals surface area (Å²) in [6, 6.07) is 20.5. The van der Waals surface area contributed by atoms with E-state index >= 15 is 0 Å². The Labute approximate surface area is 241 Å². The van der Waals surface area contributed by atoms with Crippen LogP contribution in [0.4, 0.5) is 0 Å². The Hall–Kier alpha value is -4.17. The second-order valence-corrected chi connectivity index (χ2v) is 11.0. The van der Waals surface area contributed by atoms with Gasteiger partial charge in [-0.15, -0.1) is 0 Å². The van der Waals surface area contributed by atoms with Crippen LogP contribution in [0.25, 0.3) is 0 Å². The van der Waals surface area contributed by atoms with E-state index in [1.807, 2.05) is 36.4 Å². The lowest BCUT2D eigenvalue weighted by molar-refractivity contribution is -0.145. The third-order valence-corrected chi connectivity index (χ3v) is 8.34. The number of hydrogen-bond acceptors (Lipinski definition) is 5. The van der Waals surface area contributed by atoms with E-state index < -0.39 is 18.1 Å². The highest BCUT2D eigenvalue weighted by atomic mass is 16.3. The maximum atomic E-state index is 14.3. The number of benzene rings is 3. The van der Waals surface area contributed by atoms with Gasteiger partial charge in [0.1, 0.15) is 17.8 Å². The molecule has 8 heteroatoms. The van der Waals surface area contributed by atoms with Gasteiger partial charge in [-0.05, 0) is 73.2 Å². The van der Waals surface area contributed by atoms with Gasteiger partial charge < -0.3 is 26.0 Å². The molecule has 3 aromatic carbocycles. The van der Waals surface area contributed by atoms with Gasteiger partial charge in [-0.1, -0.05) is 60.7 Å². The van der Waals surface area contributed by atoms with Crippen LogP contribution in [-0.4, -0.2) is 52.9 Å². The molecule has 0 saturated carbocycles. The number of rotatable bonds is 8. The molecule has 4 atom stereocenters. The number of carbonyl (C=O) groups excluding carboxylic acids is 3. The molecule has 5 rings (SSSR count). The van der Waals surface area contributed by atoms with E-state index in [2.05, 4.69) is 28.1 Å². The number of aromatic hydroxyl groups is 1. The third kappa shape index (κ3) is 6.43. The average Bonchev–Trinajstić information content (AvgIpc) is 3.00. The van der Waals surface area contributed by atoms with Gasteiger partial charge in [0.05, 0.1) is 12.1 Å². The van der Waals surface area contributed by atoms with E-state index in [4.69, 9.17) is 0 Å². The van der Waals surface area contributed by atoms with Crippen molar-refractivity contribution in [3.05, 3.63) is 101 Å². The van der Waals surface area contributed by atoms with Crippen molar-refractivity contribution >= 4 is 17.7 Å². The van der Waals surface area contributed by atoms with E-state index in [1.165, 1.54) is 5.56 Å². The van der Waals surface area contributed by atoms with Crippen LogP contribution in [-0.2, 0) is 40.2 Å². The molecule has 0 spiro atoms. The summed E-state index contributed by atoms with van der Waals surface area (Å²) in [5.74, 6) is -0.679. The largest absolute Gasteiger partial charge is 0.508 e. The first-order valence-electron chi connectivity index (χ1n) is 14.3. The maximum absolute atomic E-state index is 14.3. The van der Waals surface area contributed by atoms with Gasteiger partial charge in [0.2, 0.25) is 17.7 Å². The molecule has 41 heavy (non-hydrogen) atoms. The van der Waals surface area contributed by atoms with Gasteiger partial charge in [0.15, 0.2) is 0 Å². The molecule has 8 nitrogen and oxygen atoms in total. The molecule has 3 amide bonds. The molecule has 0 saturated heterocycles. The molecule has 1 aliphatic heterocycles. The van der Waals surface area contributed by atoms with E-state index in [-0.39, 0.29) is 42.5 Å². The van der Waals surface area contributed by atoms with E-state index in [0.717, 1.165) is 41.5 Å². The Kier molecular flexibility index (Phi) is 8.69. The Morgan fingerprint density at radius 2 is 1.63 bits per heavy atom. The predicted molar refractivity (Wildman–Crippen MR) is 157 cm³/mol. The lowest BCUT2D eigenvalue weighted by Gasteiger charge is -2.39. The van der Waals surface area contributed by atoms with E-state index in [9.17, 15) is 19.5 Å². The molecule has 0 bridgehead atoms. The molecule has 1 aliphatic carbocycles. The van der Waals surface area contributed by atoms with Crippen LogP contribution in [0.1, 0.15) is 53.6 Å². The minimum atomic E-state index is -0.890. The van der Waals surface area contributed by atoms with Crippen LogP contribution in [0, 0.1) is 0 Å². The number of phenolic OH excluding ortho intramolecular Hbond substituents is 1. The molecular formula is C33H38N4O4. The maximum Gasteiger partial charge on any atom is 0.246 e. The standard InChI is InChI=1S/C33H38N4O4/c1-21(34-2)31(39)36-29(18-22-14-16-26(38)17-15-22)33(41)37-20-25-10-4-3-9-24(25)19-30(37)32(40)35-28-13-7-11-23-8-5-6-12-27(23)28/h3-6,8-10,12,14-17,21,28-30,34,38H,7,11,13,18-20H2,1-2H3,(H,35,40)(H,36,39). The number of carbonyl (C=O) groups is 3. The highest BCUT2D eigenvalue weighted by Gasteiger charge is 2.39. The highest BCUT2D eigenvalue weighted by molar-refractivity contribution is 5.94. The lowest BCUT2D eigenvalue weighted by Crippen LogP contribution is -2.59. The van der Waals surface area contributed by atoms with Crippen molar-refractivity contribution in [2.75, 3.05) is 7.05 Å². The van der Waals surface area contributed by atoms with Crippen LogP contribution < -0.4 is 16.0 Å². The van der Waals surface area contributed by atoms with Gasteiger partial charge in [0, 0.05) is 19.4 Å². The van der Waals surface area contributed by atoms with Gasteiger partial charge in [0.25, 0.3) is 0 Å². The van der Waals surface area contributed by atoms with Gasteiger partial charge in [-0.25, -0.2) is 0 Å². The summed E-state index contributed by atoms with van der Waals surface area (Å²) in [6.45, 7) is 2.00. The first-order chi connectivity index (χ1) is 19.8. The zero-order chi connectivity index (χ0) is 28.9. The normalized spacial score (nSPS) is 19.3. The van der Waals surface area contributed by atoms with Gasteiger partial charge in [-0.2, -0.15) is 0 Å². The van der Waals surface area contributed by atoms with Crippen molar-refractivity contribution in [2.45, 2.75) is 69.7 Å². The van der Waals surface area contributed by atoms with E-state index in [1.54, 1.807) is 43.1 Å². The van der Waals surface area contributed by atoms with Crippen LogP contribution in [0.5, 0.6) is 5.75 Å². The van der Waals surface area contributed by atoms with Crippen LogP contribution in [0.15, 0.2) is 72.8 Å². The van der Waals surface area contributed by atoms with Crippen molar-refractivity contribution in [1.29, 1.82) is 0 Å². The molecular weight excluding hydrogens is 516 g/mol. The summed E-state index contributed by atoms with van der Waals surface area (Å²) in [5, 5.41) is 18.8. The number of fused-ring (bicyclic) bond motifs is 2. The zero-order valence-electron chi connectivity index (χ0n) is 23.6. The number of likely N-dealkylation sites (N-methyl/N-ethyl adjacent to an activating group) is 1. The van der Waals surface area contributed by atoms with E-state index in [0.29, 0.717) is 6.42 Å². The summed E-state index contributed by atoms with van der Waals surface area (Å²) >= 11 is 0. The number of nitrogens with one attached hydrogen (secondary N) is 3. The SMILES string of the molecule is CNC(C)C(=O)NC(Cc1ccc(O)cc1)C(=O)N1Cc2ccccc2CC1C(=O)NC1CCCc2ccccc21. The molecule has 1 heterocycles. The molecule has 0 radical (unpaired) electrons. The van der Waals surface area contributed by atoms with Crippen LogP contribution in [0.3, 0.4) is 0 Å². The minimum Gasteiger partial charge on any atom is -0.508 e. The van der Waals surface area contributed by atoms with Crippen molar-refractivity contribution in [2.24, 2.45) is 0 Å². The number of hydrogen-bond donors (Lipinski definition) is 4. The summed E-state index contributed by atoms with van der Waals surface area (Å²) in [5.41, 5.74) is 5.21. The summed E-state index contributed by atoms with van der Waals surface area (Å²) in [4.78, 5) is 42.8. The number of amides is 3. The second-order valence-electron chi connectivity index (χ2n) is 11.0. The first kappa shape index (κ1) is 28.4. The predicted octanol–water partition coefficient (Wildman–Crippen LogP) is 3.17. The Morgan fingerprint density at radius 3 is 2.37 bits per heavy atom. The molecule has 0 fully saturated rings. The third-order valence-electron chi connectivity index (χ3n) is 8.34. The lowest BCUT2D eigenvalue weighted by atomic mass is 9.87. The smallest absolute Gasteiger partial charge is 0.246 e. The van der Waals surface area contributed by atoms with Crippen LogP contribution >= 0.6 is 0 Å². The molecule has 2 aliphatic rings. The van der Waals surface area contributed by atoms with Crippen molar-refractivity contribution in [3.63, 3.8) is 0 Å². The molecule has 4 unspecified atom stereocenters. The average molecular weight is 555 g/mol. The zero-order valence-corrected chi connectivity index (χ0v) is 23.6. The highest BCUT2D eigenvalue weighted by Crippen LogP contribution is 2.31. The van der Waals surface area contributed by atoms with Crippen LogP contribution in [0.2, 0.25) is 0 Å². The monoisotopic (exact) mass is 554 g/mol. The Morgan fingerprint density at radius 1 is 0.951 bits per heavy atom. The summed E-state index contributed by atoms with van der Waals surface area (Å²) in [7, 11) is 1.69. The quantitative estimate of drug-likeness (QED) is 0.342.